The van der Waals surface area contributed by atoms with E-state index >= 15 is 0 Å². The molecular weight excluding hydrogens is 162 g/mol. The summed E-state index contributed by atoms with van der Waals surface area (Å²) in [6, 6.07) is 9.27. The molecule has 0 spiro atoms. The first kappa shape index (κ1) is 9.68. The molecule has 0 aromatic heterocycles. The summed E-state index contributed by atoms with van der Waals surface area (Å²) in [5.74, 6) is -0.168. The predicted octanol–water partition coefficient (Wildman–Crippen LogP) is 1.62. The van der Waals surface area contributed by atoms with Gasteiger partial charge in [-0.3, -0.25) is 4.79 Å². The summed E-state index contributed by atoms with van der Waals surface area (Å²) in [5, 5.41) is 0. The largest absolute Gasteiger partial charge is 0.315 e. The van der Waals surface area contributed by atoms with Crippen LogP contribution in [0.5, 0.6) is 0 Å². The number of ketones is 1. The Kier molecular flexibility index (Phi) is 2.63. The molecule has 1 atom stereocenters. The van der Waals surface area contributed by atoms with Crippen LogP contribution in [0.15, 0.2) is 43.0 Å². The van der Waals surface area contributed by atoms with E-state index in [1.807, 2.05) is 30.3 Å². The Morgan fingerprint density at radius 2 is 2.00 bits per heavy atom. The molecule has 1 aromatic rings. The minimum atomic E-state index is -0.955. The summed E-state index contributed by atoms with van der Waals surface area (Å²) in [6.45, 7) is 5.11. The molecule has 0 fully saturated rings. The van der Waals surface area contributed by atoms with E-state index in [1.165, 1.54) is 6.08 Å². The Hall–Kier alpha value is -1.41. The lowest BCUT2D eigenvalue weighted by atomic mass is 9.89. The number of carbonyl (C=O) groups excluding carboxylic acids is 1. The fraction of sp³-hybridized carbons (Fsp3) is 0.182. The zero-order chi connectivity index (χ0) is 9.90. The van der Waals surface area contributed by atoms with Gasteiger partial charge in [0, 0.05) is 0 Å². The zero-order valence-electron chi connectivity index (χ0n) is 7.66. The van der Waals surface area contributed by atoms with Gasteiger partial charge in [-0.2, -0.15) is 0 Å². The van der Waals surface area contributed by atoms with Crippen LogP contribution >= 0.6 is 0 Å². The van der Waals surface area contributed by atoms with Gasteiger partial charge in [-0.1, -0.05) is 36.9 Å². The third kappa shape index (κ3) is 1.84. The van der Waals surface area contributed by atoms with Gasteiger partial charge in [-0.05, 0) is 18.6 Å². The van der Waals surface area contributed by atoms with Crippen LogP contribution in [0.1, 0.15) is 12.5 Å². The third-order valence-electron chi connectivity index (χ3n) is 2.07. The van der Waals surface area contributed by atoms with E-state index in [2.05, 4.69) is 6.58 Å². The van der Waals surface area contributed by atoms with Gasteiger partial charge in [0.15, 0.2) is 5.78 Å². The standard InChI is InChI=1S/C11H13NO/c1-3-10(13)11(2,12)9-7-5-4-6-8-9/h3-8H,1,12H2,2H3. The third-order valence-corrected chi connectivity index (χ3v) is 2.07. The number of carbonyl (C=O) groups is 1. The van der Waals surface area contributed by atoms with Crippen molar-refractivity contribution in [2.24, 2.45) is 5.73 Å². The summed E-state index contributed by atoms with van der Waals surface area (Å²) in [4.78, 5) is 11.4. The Labute approximate surface area is 78.1 Å². The average Bonchev–Trinajstić information content (AvgIpc) is 2.18. The van der Waals surface area contributed by atoms with Crippen LogP contribution in [-0.2, 0) is 10.3 Å². The van der Waals surface area contributed by atoms with Crippen LogP contribution < -0.4 is 5.73 Å². The minimum Gasteiger partial charge on any atom is -0.315 e. The summed E-state index contributed by atoms with van der Waals surface area (Å²) in [5.41, 5.74) is 5.72. The van der Waals surface area contributed by atoms with E-state index in [0.717, 1.165) is 5.56 Å². The fourth-order valence-corrected chi connectivity index (χ4v) is 1.14. The normalized spacial score (nSPS) is 14.6. The molecule has 2 N–H and O–H groups in total. The topological polar surface area (TPSA) is 43.1 Å². The lowest BCUT2D eigenvalue weighted by Gasteiger charge is -2.21. The highest BCUT2D eigenvalue weighted by atomic mass is 16.1. The van der Waals surface area contributed by atoms with Crippen molar-refractivity contribution in [1.82, 2.24) is 0 Å². The van der Waals surface area contributed by atoms with Crippen molar-refractivity contribution in [3.63, 3.8) is 0 Å². The number of nitrogens with two attached hydrogens (primary N) is 1. The molecule has 0 saturated carbocycles. The van der Waals surface area contributed by atoms with Crippen molar-refractivity contribution in [3.8, 4) is 0 Å². The Bertz CT molecular complexity index is 314. The van der Waals surface area contributed by atoms with Crippen molar-refractivity contribution < 1.29 is 4.79 Å². The second-order valence-electron chi connectivity index (χ2n) is 3.14. The molecule has 1 aromatic carbocycles. The van der Waals surface area contributed by atoms with Crippen LogP contribution in [0.3, 0.4) is 0 Å². The van der Waals surface area contributed by atoms with Gasteiger partial charge in [0.2, 0.25) is 0 Å². The quantitative estimate of drug-likeness (QED) is 0.709. The predicted molar refractivity (Wildman–Crippen MR) is 53.2 cm³/mol. The van der Waals surface area contributed by atoms with E-state index in [1.54, 1.807) is 6.92 Å². The summed E-state index contributed by atoms with van der Waals surface area (Å²) >= 11 is 0. The van der Waals surface area contributed by atoms with Gasteiger partial charge in [0.05, 0.1) is 0 Å². The van der Waals surface area contributed by atoms with E-state index in [-0.39, 0.29) is 5.78 Å². The van der Waals surface area contributed by atoms with Crippen LogP contribution in [0, 0.1) is 0 Å². The van der Waals surface area contributed by atoms with Crippen LogP contribution in [-0.4, -0.2) is 5.78 Å². The molecular formula is C11H13NO. The molecule has 0 saturated heterocycles. The van der Waals surface area contributed by atoms with Crippen molar-refractivity contribution >= 4 is 5.78 Å². The summed E-state index contributed by atoms with van der Waals surface area (Å²) < 4.78 is 0. The zero-order valence-corrected chi connectivity index (χ0v) is 7.66. The van der Waals surface area contributed by atoms with Crippen LogP contribution in [0.25, 0.3) is 0 Å². The van der Waals surface area contributed by atoms with E-state index in [9.17, 15) is 4.79 Å². The monoisotopic (exact) mass is 175 g/mol. The Morgan fingerprint density at radius 3 is 2.46 bits per heavy atom. The van der Waals surface area contributed by atoms with Crippen LogP contribution in [0.2, 0.25) is 0 Å². The molecule has 0 aliphatic rings. The Balaban J connectivity index is 3.07. The van der Waals surface area contributed by atoms with Crippen molar-refractivity contribution in [1.29, 1.82) is 0 Å². The molecule has 2 nitrogen and oxygen atoms in total. The fourth-order valence-electron chi connectivity index (χ4n) is 1.14. The van der Waals surface area contributed by atoms with Gasteiger partial charge >= 0.3 is 0 Å². The first-order chi connectivity index (χ1) is 6.09. The molecule has 0 aliphatic heterocycles. The molecule has 1 rings (SSSR count). The second-order valence-corrected chi connectivity index (χ2v) is 3.14. The summed E-state index contributed by atoms with van der Waals surface area (Å²) in [6.07, 6.45) is 1.26. The summed E-state index contributed by atoms with van der Waals surface area (Å²) in [7, 11) is 0. The molecule has 0 bridgehead atoms. The number of hydrogen-bond acceptors (Lipinski definition) is 2. The first-order valence-electron chi connectivity index (χ1n) is 4.10. The van der Waals surface area contributed by atoms with Gasteiger partial charge in [0.1, 0.15) is 5.54 Å². The van der Waals surface area contributed by atoms with Gasteiger partial charge < -0.3 is 5.73 Å². The Morgan fingerprint density at radius 1 is 1.46 bits per heavy atom. The lowest BCUT2D eigenvalue weighted by Crippen LogP contribution is -2.40. The molecule has 0 amide bonds. The number of benzene rings is 1. The number of rotatable bonds is 3. The van der Waals surface area contributed by atoms with Gasteiger partial charge in [0.25, 0.3) is 0 Å². The van der Waals surface area contributed by atoms with E-state index < -0.39 is 5.54 Å². The SMILES string of the molecule is C=CC(=O)C(C)(N)c1ccccc1. The molecule has 0 heterocycles. The highest BCUT2D eigenvalue weighted by Crippen LogP contribution is 2.18. The highest BCUT2D eigenvalue weighted by molar-refractivity contribution is 5.97. The molecule has 0 radical (unpaired) electrons. The van der Waals surface area contributed by atoms with Gasteiger partial charge in [-0.25, -0.2) is 0 Å². The maximum Gasteiger partial charge on any atom is 0.179 e. The smallest absolute Gasteiger partial charge is 0.179 e. The molecule has 1 unspecified atom stereocenters. The molecule has 13 heavy (non-hydrogen) atoms. The minimum absolute atomic E-state index is 0.168. The van der Waals surface area contributed by atoms with E-state index in [0.29, 0.717) is 0 Å². The lowest BCUT2D eigenvalue weighted by molar-refractivity contribution is -0.119. The second kappa shape index (κ2) is 3.54. The maximum absolute atomic E-state index is 11.4. The van der Waals surface area contributed by atoms with Crippen molar-refractivity contribution in [2.75, 3.05) is 0 Å². The van der Waals surface area contributed by atoms with Gasteiger partial charge in [-0.15, -0.1) is 0 Å². The van der Waals surface area contributed by atoms with Crippen molar-refractivity contribution in [3.05, 3.63) is 48.6 Å². The first-order valence-corrected chi connectivity index (χ1v) is 4.10. The average molecular weight is 175 g/mol. The van der Waals surface area contributed by atoms with Crippen molar-refractivity contribution in [2.45, 2.75) is 12.5 Å². The van der Waals surface area contributed by atoms with Crippen LogP contribution in [0.4, 0.5) is 0 Å². The molecule has 2 heteroatoms. The highest BCUT2D eigenvalue weighted by Gasteiger charge is 2.27. The maximum atomic E-state index is 11.4. The van der Waals surface area contributed by atoms with E-state index in [4.69, 9.17) is 5.73 Å². The number of hydrogen-bond donors (Lipinski definition) is 1. The molecule has 0 aliphatic carbocycles. The molecule has 68 valence electrons.